The van der Waals surface area contributed by atoms with Gasteiger partial charge in [0.05, 0.1) is 5.92 Å². The molecule has 1 saturated carbocycles. The second kappa shape index (κ2) is 7.45. The van der Waals surface area contributed by atoms with Gasteiger partial charge in [-0.05, 0) is 43.7 Å². The smallest absolute Gasteiger partial charge is 0.224 e. The van der Waals surface area contributed by atoms with Gasteiger partial charge in [0.15, 0.2) is 0 Å². The Morgan fingerprint density at radius 1 is 1.22 bits per heavy atom. The Labute approximate surface area is 139 Å². The number of aryl methyl sites for hydroxylation is 1. The lowest BCUT2D eigenvalue weighted by atomic mass is 9.99. The van der Waals surface area contributed by atoms with E-state index in [1.165, 1.54) is 11.1 Å². The molecule has 4 nitrogen and oxygen atoms in total. The number of nitrogens with one attached hydrogen (secondary N) is 1. The zero-order valence-corrected chi connectivity index (χ0v) is 14.1. The van der Waals surface area contributed by atoms with E-state index in [0.29, 0.717) is 6.04 Å². The first-order valence-corrected chi connectivity index (χ1v) is 8.96. The normalized spacial score (nSPS) is 26.3. The Balaban J connectivity index is 1.45. The number of carbonyl (C=O) groups excluding carboxylic acids is 1. The molecule has 1 saturated heterocycles. The molecule has 0 aromatic heterocycles. The first-order chi connectivity index (χ1) is 11.1. The van der Waals surface area contributed by atoms with Crippen molar-refractivity contribution in [3.05, 3.63) is 35.4 Å². The van der Waals surface area contributed by atoms with E-state index in [-0.39, 0.29) is 17.9 Å². The van der Waals surface area contributed by atoms with E-state index < -0.39 is 0 Å². The molecule has 1 aliphatic carbocycles. The molecule has 1 aromatic carbocycles. The van der Waals surface area contributed by atoms with Crippen LogP contribution in [0.15, 0.2) is 24.3 Å². The maximum atomic E-state index is 12.3. The van der Waals surface area contributed by atoms with Gasteiger partial charge in [0.2, 0.25) is 5.91 Å². The third-order valence-corrected chi connectivity index (χ3v) is 5.50. The average molecular weight is 315 g/mol. The van der Waals surface area contributed by atoms with Crippen LogP contribution in [0.3, 0.4) is 0 Å². The van der Waals surface area contributed by atoms with Gasteiger partial charge in [0.1, 0.15) is 0 Å². The van der Waals surface area contributed by atoms with Gasteiger partial charge in [-0.3, -0.25) is 9.69 Å². The lowest BCUT2D eigenvalue weighted by molar-refractivity contribution is -0.126. The Bertz CT molecular complexity index is 537. The number of amides is 1. The molecule has 0 radical (unpaired) electrons. The first kappa shape index (κ1) is 16.5. The van der Waals surface area contributed by atoms with Crippen molar-refractivity contribution in [1.82, 2.24) is 10.2 Å². The molecule has 1 amide bonds. The molecule has 23 heavy (non-hydrogen) atoms. The summed E-state index contributed by atoms with van der Waals surface area (Å²) in [7, 11) is 0. The molecule has 2 atom stereocenters. The standard InChI is InChI=1S/C19H29N3O/c1-14-5-2-3-6-15(14)13-22-11-9-16(10-12-22)21-19(23)17-7-4-8-18(17)20/h2-3,5-6,16-18H,4,7-13,20H2,1H3,(H,21,23). The highest BCUT2D eigenvalue weighted by atomic mass is 16.2. The van der Waals surface area contributed by atoms with E-state index >= 15 is 0 Å². The Morgan fingerprint density at radius 3 is 2.61 bits per heavy atom. The summed E-state index contributed by atoms with van der Waals surface area (Å²) in [4.78, 5) is 14.8. The Morgan fingerprint density at radius 2 is 1.96 bits per heavy atom. The fourth-order valence-corrected chi connectivity index (χ4v) is 3.89. The van der Waals surface area contributed by atoms with Gasteiger partial charge in [0, 0.05) is 31.7 Å². The van der Waals surface area contributed by atoms with Crippen molar-refractivity contribution < 1.29 is 4.79 Å². The summed E-state index contributed by atoms with van der Waals surface area (Å²) in [6, 6.07) is 8.98. The van der Waals surface area contributed by atoms with Crippen LogP contribution in [0.1, 0.15) is 43.2 Å². The van der Waals surface area contributed by atoms with Crippen molar-refractivity contribution in [3.63, 3.8) is 0 Å². The van der Waals surface area contributed by atoms with Crippen LogP contribution in [0, 0.1) is 12.8 Å². The van der Waals surface area contributed by atoms with Crippen LogP contribution >= 0.6 is 0 Å². The van der Waals surface area contributed by atoms with Crippen LogP contribution in [0.2, 0.25) is 0 Å². The molecule has 3 rings (SSSR count). The minimum Gasteiger partial charge on any atom is -0.353 e. The molecule has 4 heteroatoms. The summed E-state index contributed by atoms with van der Waals surface area (Å²) >= 11 is 0. The number of rotatable bonds is 4. The summed E-state index contributed by atoms with van der Waals surface area (Å²) in [6.07, 6.45) is 5.12. The Kier molecular flexibility index (Phi) is 5.34. The number of nitrogens with two attached hydrogens (primary N) is 1. The first-order valence-electron chi connectivity index (χ1n) is 8.96. The molecule has 126 valence electrons. The number of likely N-dealkylation sites (tertiary alicyclic amines) is 1. The number of carbonyl (C=O) groups is 1. The van der Waals surface area contributed by atoms with Gasteiger partial charge in [-0.1, -0.05) is 30.7 Å². The average Bonchev–Trinajstić information content (AvgIpc) is 2.98. The lowest BCUT2D eigenvalue weighted by Gasteiger charge is -2.33. The SMILES string of the molecule is Cc1ccccc1CN1CCC(NC(=O)C2CCCC2N)CC1. The molecule has 1 heterocycles. The topological polar surface area (TPSA) is 58.4 Å². The predicted molar refractivity (Wildman–Crippen MR) is 92.9 cm³/mol. The van der Waals surface area contributed by atoms with Crippen molar-refractivity contribution in [3.8, 4) is 0 Å². The quantitative estimate of drug-likeness (QED) is 0.895. The van der Waals surface area contributed by atoms with Crippen LogP contribution in [-0.2, 0) is 11.3 Å². The molecule has 3 N–H and O–H groups in total. The number of nitrogens with zero attached hydrogens (tertiary/aromatic N) is 1. The van der Waals surface area contributed by atoms with Crippen LogP contribution in [-0.4, -0.2) is 36.0 Å². The summed E-state index contributed by atoms with van der Waals surface area (Å²) in [6.45, 7) is 5.29. The monoisotopic (exact) mass is 315 g/mol. The van der Waals surface area contributed by atoms with Crippen molar-refractivity contribution >= 4 is 5.91 Å². The molecule has 0 spiro atoms. The van der Waals surface area contributed by atoms with E-state index in [0.717, 1.165) is 51.7 Å². The minimum absolute atomic E-state index is 0.0417. The molecular formula is C19H29N3O. The zero-order chi connectivity index (χ0) is 16.2. The highest BCUT2D eigenvalue weighted by molar-refractivity contribution is 5.80. The zero-order valence-electron chi connectivity index (χ0n) is 14.1. The van der Waals surface area contributed by atoms with Crippen molar-refractivity contribution in [2.75, 3.05) is 13.1 Å². The third kappa shape index (κ3) is 4.12. The van der Waals surface area contributed by atoms with Gasteiger partial charge < -0.3 is 11.1 Å². The number of piperidine rings is 1. The van der Waals surface area contributed by atoms with E-state index in [9.17, 15) is 4.79 Å². The van der Waals surface area contributed by atoms with Gasteiger partial charge in [0.25, 0.3) is 0 Å². The Hall–Kier alpha value is -1.39. The fourth-order valence-electron chi connectivity index (χ4n) is 3.89. The van der Waals surface area contributed by atoms with E-state index in [1.807, 2.05) is 0 Å². The largest absolute Gasteiger partial charge is 0.353 e. The van der Waals surface area contributed by atoms with Crippen LogP contribution in [0.5, 0.6) is 0 Å². The summed E-state index contributed by atoms with van der Waals surface area (Å²) in [5.74, 6) is 0.229. The van der Waals surface area contributed by atoms with Crippen molar-refractivity contribution in [2.45, 2.75) is 57.7 Å². The summed E-state index contributed by atoms with van der Waals surface area (Å²) in [5.41, 5.74) is 8.81. The van der Waals surface area contributed by atoms with Crippen molar-refractivity contribution in [2.24, 2.45) is 11.7 Å². The van der Waals surface area contributed by atoms with E-state index in [2.05, 4.69) is 41.4 Å². The number of benzene rings is 1. The van der Waals surface area contributed by atoms with Gasteiger partial charge >= 0.3 is 0 Å². The van der Waals surface area contributed by atoms with Gasteiger partial charge in [-0.15, -0.1) is 0 Å². The second-order valence-corrected chi connectivity index (χ2v) is 7.19. The molecular weight excluding hydrogens is 286 g/mol. The van der Waals surface area contributed by atoms with E-state index in [4.69, 9.17) is 5.73 Å². The summed E-state index contributed by atoms with van der Waals surface area (Å²) < 4.78 is 0. The van der Waals surface area contributed by atoms with Crippen LogP contribution in [0.4, 0.5) is 0 Å². The van der Waals surface area contributed by atoms with Crippen LogP contribution in [0.25, 0.3) is 0 Å². The molecule has 2 aliphatic rings. The lowest BCUT2D eigenvalue weighted by Crippen LogP contribution is -2.48. The third-order valence-electron chi connectivity index (χ3n) is 5.50. The van der Waals surface area contributed by atoms with E-state index in [1.54, 1.807) is 0 Å². The minimum atomic E-state index is 0.0417. The maximum Gasteiger partial charge on any atom is 0.224 e. The van der Waals surface area contributed by atoms with Gasteiger partial charge in [-0.25, -0.2) is 0 Å². The molecule has 1 aliphatic heterocycles. The summed E-state index contributed by atoms with van der Waals surface area (Å²) in [5, 5.41) is 3.24. The molecule has 0 bridgehead atoms. The highest BCUT2D eigenvalue weighted by Gasteiger charge is 2.32. The predicted octanol–water partition coefficient (Wildman–Crippen LogP) is 2.20. The number of hydrogen-bond acceptors (Lipinski definition) is 3. The van der Waals surface area contributed by atoms with Crippen molar-refractivity contribution in [1.29, 1.82) is 0 Å². The second-order valence-electron chi connectivity index (χ2n) is 7.19. The number of hydrogen-bond donors (Lipinski definition) is 2. The van der Waals surface area contributed by atoms with Crippen LogP contribution < -0.4 is 11.1 Å². The molecule has 1 aromatic rings. The fraction of sp³-hybridized carbons (Fsp3) is 0.632. The maximum absolute atomic E-state index is 12.3. The molecule has 2 unspecified atom stereocenters. The van der Waals surface area contributed by atoms with Gasteiger partial charge in [-0.2, -0.15) is 0 Å². The highest BCUT2D eigenvalue weighted by Crippen LogP contribution is 2.25. The molecule has 2 fully saturated rings.